The average molecular weight is 648 g/mol. The van der Waals surface area contributed by atoms with Gasteiger partial charge in [-0.25, -0.2) is 0 Å². The molecule has 0 amide bonds. The van der Waals surface area contributed by atoms with Crippen molar-refractivity contribution in [2.75, 3.05) is 0 Å². The van der Waals surface area contributed by atoms with E-state index in [9.17, 15) is 0 Å². The third-order valence-corrected chi connectivity index (χ3v) is 10.4. The number of aromatic nitrogens is 1. The lowest BCUT2D eigenvalue weighted by Crippen LogP contribution is -1.92. The molecule has 0 aliphatic carbocycles. The molecule has 0 saturated heterocycles. The first kappa shape index (κ1) is 29.2. The molecule has 1 heteroatoms. The van der Waals surface area contributed by atoms with Crippen LogP contribution in [0.5, 0.6) is 0 Å². The molecular weight excluding hydrogens is 615 g/mol. The minimum atomic E-state index is 1.18. The molecular formula is C50H33N. The highest BCUT2D eigenvalue weighted by Gasteiger charge is 2.17. The van der Waals surface area contributed by atoms with Crippen LogP contribution in [-0.2, 0) is 0 Å². The number of fused-ring (bicyclic) bond motifs is 5. The summed E-state index contributed by atoms with van der Waals surface area (Å²) in [6.45, 7) is 0. The highest BCUT2D eigenvalue weighted by molar-refractivity contribution is 6.21. The Balaban J connectivity index is 1.09. The van der Waals surface area contributed by atoms with Crippen molar-refractivity contribution in [2.24, 2.45) is 0 Å². The topological polar surface area (TPSA) is 4.93 Å². The van der Waals surface area contributed by atoms with Gasteiger partial charge in [0.15, 0.2) is 0 Å². The first-order valence-electron chi connectivity index (χ1n) is 17.6. The van der Waals surface area contributed by atoms with Crippen molar-refractivity contribution in [2.45, 2.75) is 0 Å². The summed E-state index contributed by atoms with van der Waals surface area (Å²) in [5, 5.41) is 7.59. The van der Waals surface area contributed by atoms with Gasteiger partial charge in [0, 0.05) is 16.5 Å². The smallest absolute Gasteiger partial charge is 0.0541 e. The van der Waals surface area contributed by atoms with Gasteiger partial charge in [0.25, 0.3) is 0 Å². The fourth-order valence-corrected chi connectivity index (χ4v) is 8.05. The Morgan fingerprint density at radius 1 is 0.235 bits per heavy atom. The Labute approximate surface area is 297 Å². The molecule has 9 aromatic carbocycles. The molecule has 0 aliphatic heterocycles. The fourth-order valence-electron chi connectivity index (χ4n) is 8.05. The summed E-state index contributed by atoms with van der Waals surface area (Å²) in [5.74, 6) is 0. The molecule has 0 bridgehead atoms. The van der Waals surface area contributed by atoms with E-state index in [0.29, 0.717) is 0 Å². The summed E-state index contributed by atoms with van der Waals surface area (Å²) in [5.41, 5.74) is 13.5. The minimum absolute atomic E-state index is 1.18. The van der Waals surface area contributed by atoms with Crippen molar-refractivity contribution in [1.82, 2.24) is 4.57 Å². The molecule has 1 aromatic heterocycles. The Morgan fingerprint density at radius 2 is 0.608 bits per heavy atom. The highest BCUT2D eigenvalue weighted by Crippen LogP contribution is 2.44. The van der Waals surface area contributed by atoms with Gasteiger partial charge in [-0.1, -0.05) is 170 Å². The number of hydrogen-bond donors (Lipinski definition) is 0. The maximum Gasteiger partial charge on any atom is 0.0541 e. The van der Waals surface area contributed by atoms with Crippen LogP contribution in [0.1, 0.15) is 0 Å². The van der Waals surface area contributed by atoms with Gasteiger partial charge in [0.2, 0.25) is 0 Å². The molecule has 0 atom stereocenters. The normalized spacial score (nSPS) is 11.5. The summed E-state index contributed by atoms with van der Waals surface area (Å²) >= 11 is 0. The lowest BCUT2D eigenvalue weighted by molar-refractivity contribution is 1.18. The highest BCUT2D eigenvalue weighted by atomic mass is 15.0. The molecule has 0 N–H and O–H groups in total. The van der Waals surface area contributed by atoms with Gasteiger partial charge in [0.1, 0.15) is 0 Å². The van der Waals surface area contributed by atoms with E-state index in [0.717, 1.165) is 0 Å². The minimum Gasteiger partial charge on any atom is -0.309 e. The van der Waals surface area contributed by atoms with Crippen molar-refractivity contribution in [3.8, 4) is 50.2 Å². The second kappa shape index (κ2) is 12.0. The molecule has 1 nitrogen and oxygen atoms in total. The number of para-hydroxylation sites is 2. The van der Waals surface area contributed by atoms with Gasteiger partial charge >= 0.3 is 0 Å². The Bertz CT molecular complexity index is 2800. The molecule has 0 spiro atoms. The van der Waals surface area contributed by atoms with Crippen LogP contribution in [0, 0.1) is 0 Å². The maximum atomic E-state index is 2.37. The summed E-state index contributed by atoms with van der Waals surface area (Å²) in [6.07, 6.45) is 0. The van der Waals surface area contributed by atoms with Crippen LogP contribution in [0.15, 0.2) is 200 Å². The van der Waals surface area contributed by atoms with E-state index in [2.05, 4.69) is 205 Å². The second-order valence-corrected chi connectivity index (χ2v) is 13.3. The van der Waals surface area contributed by atoms with Crippen molar-refractivity contribution in [3.63, 3.8) is 0 Å². The van der Waals surface area contributed by atoms with E-state index in [1.54, 1.807) is 0 Å². The molecule has 10 rings (SSSR count). The molecule has 0 unspecified atom stereocenters. The van der Waals surface area contributed by atoms with E-state index in [4.69, 9.17) is 0 Å². The maximum absolute atomic E-state index is 2.37. The van der Waals surface area contributed by atoms with Crippen LogP contribution in [0.4, 0.5) is 0 Å². The van der Waals surface area contributed by atoms with Crippen LogP contribution in [-0.4, -0.2) is 4.57 Å². The van der Waals surface area contributed by atoms with Gasteiger partial charge in [-0.05, 0) is 96.4 Å². The van der Waals surface area contributed by atoms with Crippen LogP contribution >= 0.6 is 0 Å². The third kappa shape index (κ3) is 4.86. The van der Waals surface area contributed by atoms with E-state index in [1.807, 2.05) is 0 Å². The first-order valence-corrected chi connectivity index (χ1v) is 17.6. The number of rotatable bonds is 5. The molecule has 51 heavy (non-hydrogen) atoms. The first-order chi connectivity index (χ1) is 25.3. The zero-order valence-electron chi connectivity index (χ0n) is 28.0. The van der Waals surface area contributed by atoms with Gasteiger partial charge in [0.05, 0.1) is 11.0 Å². The van der Waals surface area contributed by atoms with Gasteiger partial charge in [-0.3, -0.25) is 0 Å². The van der Waals surface area contributed by atoms with Crippen LogP contribution in [0.25, 0.3) is 93.5 Å². The SMILES string of the molecule is c1ccc(-c2ccc(-c3c4ccccc4c(-c4ccc(-c5ccc6c(c5)c5ccccc5n6-c5ccccc5)cc4)c4ccccc34)cc2)cc1. The van der Waals surface area contributed by atoms with Crippen molar-refractivity contribution in [3.05, 3.63) is 200 Å². The van der Waals surface area contributed by atoms with Crippen LogP contribution in [0.2, 0.25) is 0 Å². The zero-order chi connectivity index (χ0) is 33.7. The molecule has 0 saturated carbocycles. The molecule has 0 aliphatic rings. The predicted octanol–water partition coefficient (Wildman–Crippen LogP) is 13.8. The third-order valence-electron chi connectivity index (χ3n) is 10.4. The molecule has 10 aromatic rings. The second-order valence-electron chi connectivity index (χ2n) is 13.3. The number of benzene rings is 9. The van der Waals surface area contributed by atoms with Gasteiger partial charge < -0.3 is 4.57 Å². The molecule has 238 valence electrons. The standard InChI is InChI=1S/C50H33N/c1-3-13-34(14-4-1)35-23-27-37(28-24-35)49-42-18-7-9-20-44(42)50(45-21-10-8-19-43(45)49)38-29-25-36(26-30-38)39-31-32-48-46(33-39)41-17-11-12-22-47(41)51(48)40-15-5-2-6-16-40/h1-33H. The quantitative estimate of drug-likeness (QED) is 0.164. The van der Waals surface area contributed by atoms with E-state index >= 15 is 0 Å². The summed E-state index contributed by atoms with van der Waals surface area (Å²) in [7, 11) is 0. The monoisotopic (exact) mass is 647 g/mol. The lowest BCUT2D eigenvalue weighted by atomic mass is 9.85. The number of hydrogen-bond acceptors (Lipinski definition) is 0. The predicted molar refractivity (Wildman–Crippen MR) is 218 cm³/mol. The van der Waals surface area contributed by atoms with Crippen LogP contribution < -0.4 is 0 Å². The van der Waals surface area contributed by atoms with Crippen molar-refractivity contribution >= 4 is 43.4 Å². The Morgan fingerprint density at radius 3 is 1.16 bits per heavy atom. The summed E-state index contributed by atoms with van der Waals surface area (Å²) < 4.78 is 2.37. The number of nitrogens with zero attached hydrogens (tertiary/aromatic N) is 1. The fraction of sp³-hybridized carbons (Fsp3) is 0. The Hall–Kier alpha value is -6.70. The van der Waals surface area contributed by atoms with Gasteiger partial charge in [-0.15, -0.1) is 0 Å². The lowest BCUT2D eigenvalue weighted by Gasteiger charge is -2.18. The zero-order valence-corrected chi connectivity index (χ0v) is 28.0. The van der Waals surface area contributed by atoms with E-state index in [1.165, 1.54) is 93.5 Å². The summed E-state index contributed by atoms with van der Waals surface area (Å²) in [4.78, 5) is 0. The average Bonchev–Trinajstić information content (AvgIpc) is 3.54. The largest absolute Gasteiger partial charge is 0.309 e. The molecule has 0 radical (unpaired) electrons. The summed E-state index contributed by atoms with van der Waals surface area (Å²) in [6, 6.07) is 72.9. The van der Waals surface area contributed by atoms with E-state index in [-0.39, 0.29) is 0 Å². The molecule has 0 fully saturated rings. The Kier molecular flexibility index (Phi) is 6.89. The van der Waals surface area contributed by atoms with Crippen LogP contribution in [0.3, 0.4) is 0 Å². The van der Waals surface area contributed by atoms with Crippen molar-refractivity contribution in [1.29, 1.82) is 0 Å². The van der Waals surface area contributed by atoms with Crippen molar-refractivity contribution < 1.29 is 0 Å². The van der Waals surface area contributed by atoms with E-state index < -0.39 is 0 Å². The molecule has 1 heterocycles. The van der Waals surface area contributed by atoms with Gasteiger partial charge in [-0.2, -0.15) is 0 Å².